The molecule has 0 heterocycles. The second-order valence-electron chi connectivity index (χ2n) is 6.95. The zero-order valence-electron chi connectivity index (χ0n) is 14.6. The summed E-state index contributed by atoms with van der Waals surface area (Å²) in [5.41, 5.74) is -0.608. The molecule has 1 fully saturated rings. The van der Waals surface area contributed by atoms with E-state index in [-0.39, 0.29) is 5.97 Å². The SMILES string of the molecule is CCNC(C)(CN(CCC(C)C)C1CCCC1)C(=O)OC. The van der Waals surface area contributed by atoms with Crippen LogP contribution >= 0.6 is 0 Å². The van der Waals surface area contributed by atoms with E-state index >= 15 is 0 Å². The first kappa shape index (κ1) is 18.4. The van der Waals surface area contributed by atoms with Gasteiger partial charge in [-0.25, -0.2) is 0 Å². The molecule has 0 bridgehead atoms. The van der Waals surface area contributed by atoms with E-state index < -0.39 is 5.54 Å². The third-order valence-corrected chi connectivity index (χ3v) is 4.56. The number of nitrogens with one attached hydrogen (secondary N) is 1. The van der Waals surface area contributed by atoms with Gasteiger partial charge in [0.05, 0.1) is 7.11 Å². The van der Waals surface area contributed by atoms with Gasteiger partial charge in [-0.1, -0.05) is 33.6 Å². The summed E-state index contributed by atoms with van der Waals surface area (Å²) in [5, 5.41) is 3.34. The molecule has 1 rings (SSSR count). The molecule has 1 aliphatic carbocycles. The maximum absolute atomic E-state index is 12.2. The molecule has 0 aromatic rings. The zero-order valence-corrected chi connectivity index (χ0v) is 14.6. The van der Waals surface area contributed by atoms with Gasteiger partial charge < -0.3 is 10.1 Å². The smallest absolute Gasteiger partial charge is 0.327 e. The Kier molecular flexibility index (Phi) is 7.67. The number of ether oxygens (including phenoxy) is 1. The van der Waals surface area contributed by atoms with Crippen molar-refractivity contribution in [3.63, 3.8) is 0 Å². The monoisotopic (exact) mass is 298 g/mol. The lowest BCUT2D eigenvalue weighted by atomic mass is 9.99. The first-order chi connectivity index (χ1) is 9.92. The Labute approximate surface area is 130 Å². The van der Waals surface area contributed by atoms with E-state index in [2.05, 4.69) is 24.1 Å². The van der Waals surface area contributed by atoms with Gasteiger partial charge in [0.1, 0.15) is 5.54 Å². The van der Waals surface area contributed by atoms with Gasteiger partial charge in [0.2, 0.25) is 0 Å². The molecule has 0 amide bonds. The Morgan fingerprint density at radius 2 is 2.00 bits per heavy atom. The van der Waals surface area contributed by atoms with Crippen LogP contribution in [0.5, 0.6) is 0 Å². The van der Waals surface area contributed by atoms with Crippen LogP contribution in [0.25, 0.3) is 0 Å². The molecule has 1 unspecified atom stereocenters. The highest BCUT2D eigenvalue weighted by Gasteiger charge is 2.37. The number of hydrogen-bond donors (Lipinski definition) is 1. The number of carbonyl (C=O) groups is 1. The van der Waals surface area contributed by atoms with E-state index in [0.29, 0.717) is 12.0 Å². The van der Waals surface area contributed by atoms with Crippen LogP contribution in [0, 0.1) is 5.92 Å². The Hall–Kier alpha value is -0.610. The van der Waals surface area contributed by atoms with Crippen LogP contribution in [0.1, 0.15) is 59.8 Å². The Balaban J connectivity index is 2.77. The van der Waals surface area contributed by atoms with E-state index in [0.717, 1.165) is 19.6 Å². The van der Waals surface area contributed by atoms with Crippen LogP contribution in [0.15, 0.2) is 0 Å². The quantitative estimate of drug-likeness (QED) is 0.665. The maximum atomic E-state index is 12.2. The van der Waals surface area contributed by atoms with Crippen LogP contribution in [0.4, 0.5) is 0 Å². The van der Waals surface area contributed by atoms with Crippen molar-refractivity contribution in [1.29, 1.82) is 0 Å². The minimum absolute atomic E-state index is 0.156. The predicted molar refractivity (Wildman–Crippen MR) is 87.4 cm³/mol. The average molecular weight is 298 g/mol. The fraction of sp³-hybridized carbons (Fsp3) is 0.941. The van der Waals surface area contributed by atoms with Crippen molar-refractivity contribution in [2.24, 2.45) is 5.92 Å². The molecule has 1 aliphatic rings. The van der Waals surface area contributed by atoms with Gasteiger partial charge >= 0.3 is 5.97 Å². The molecular weight excluding hydrogens is 264 g/mol. The van der Waals surface area contributed by atoms with Gasteiger partial charge in [0.25, 0.3) is 0 Å². The molecule has 1 N–H and O–H groups in total. The second-order valence-corrected chi connectivity index (χ2v) is 6.95. The normalized spacial score (nSPS) is 19.2. The van der Waals surface area contributed by atoms with Gasteiger partial charge in [0, 0.05) is 12.6 Å². The van der Waals surface area contributed by atoms with Crippen LogP contribution in [-0.2, 0) is 9.53 Å². The summed E-state index contributed by atoms with van der Waals surface area (Å²) in [5.74, 6) is 0.536. The third-order valence-electron chi connectivity index (χ3n) is 4.56. The van der Waals surface area contributed by atoms with Crippen molar-refractivity contribution >= 4 is 5.97 Å². The summed E-state index contributed by atoms with van der Waals surface area (Å²) in [6.07, 6.45) is 6.35. The predicted octanol–water partition coefficient (Wildman–Crippen LogP) is 2.82. The minimum atomic E-state index is -0.608. The fourth-order valence-electron chi connectivity index (χ4n) is 3.30. The molecule has 21 heavy (non-hydrogen) atoms. The number of methoxy groups -OCH3 is 1. The highest BCUT2D eigenvalue weighted by molar-refractivity contribution is 5.80. The molecule has 4 heteroatoms. The van der Waals surface area contributed by atoms with Crippen molar-refractivity contribution in [2.45, 2.75) is 71.4 Å². The number of likely N-dealkylation sites (N-methyl/N-ethyl adjacent to an activating group) is 1. The minimum Gasteiger partial charge on any atom is -0.468 e. The molecular formula is C17H34N2O2. The van der Waals surface area contributed by atoms with Gasteiger partial charge in [-0.05, 0) is 45.2 Å². The highest BCUT2D eigenvalue weighted by Crippen LogP contribution is 2.26. The van der Waals surface area contributed by atoms with Crippen molar-refractivity contribution in [1.82, 2.24) is 10.2 Å². The molecule has 0 aromatic carbocycles. The second kappa shape index (κ2) is 8.74. The van der Waals surface area contributed by atoms with Crippen LogP contribution in [-0.4, -0.2) is 49.2 Å². The summed E-state index contributed by atoms with van der Waals surface area (Å²) in [7, 11) is 1.48. The van der Waals surface area contributed by atoms with Gasteiger partial charge in [-0.15, -0.1) is 0 Å². The number of esters is 1. The topological polar surface area (TPSA) is 41.6 Å². The molecule has 0 aromatic heterocycles. The molecule has 1 saturated carbocycles. The zero-order chi connectivity index (χ0) is 15.9. The Morgan fingerprint density at radius 3 is 2.48 bits per heavy atom. The van der Waals surface area contributed by atoms with Crippen LogP contribution in [0.3, 0.4) is 0 Å². The number of rotatable bonds is 9. The van der Waals surface area contributed by atoms with Gasteiger partial charge in [0.15, 0.2) is 0 Å². The van der Waals surface area contributed by atoms with Crippen molar-refractivity contribution in [3.05, 3.63) is 0 Å². The molecule has 1 atom stereocenters. The van der Waals surface area contributed by atoms with E-state index in [1.54, 1.807) is 0 Å². The number of hydrogen-bond acceptors (Lipinski definition) is 4. The fourth-order valence-corrected chi connectivity index (χ4v) is 3.30. The Bertz CT molecular complexity index is 314. The van der Waals surface area contributed by atoms with Gasteiger partial charge in [-0.2, -0.15) is 0 Å². The van der Waals surface area contributed by atoms with E-state index in [1.165, 1.54) is 39.2 Å². The summed E-state index contributed by atoms with van der Waals surface area (Å²) in [4.78, 5) is 14.7. The van der Waals surface area contributed by atoms with Crippen molar-refractivity contribution in [3.8, 4) is 0 Å². The maximum Gasteiger partial charge on any atom is 0.327 e. The first-order valence-electron chi connectivity index (χ1n) is 8.50. The van der Waals surface area contributed by atoms with Crippen molar-refractivity contribution in [2.75, 3.05) is 26.7 Å². The molecule has 4 nitrogen and oxygen atoms in total. The third kappa shape index (κ3) is 5.59. The lowest BCUT2D eigenvalue weighted by Crippen LogP contribution is -2.58. The molecule has 0 aliphatic heterocycles. The molecule has 124 valence electrons. The van der Waals surface area contributed by atoms with E-state index in [4.69, 9.17) is 4.74 Å². The standard InChI is InChI=1S/C17H34N2O2/c1-6-18-17(4,16(20)21-5)13-19(12-11-14(2)3)15-9-7-8-10-15/h14-15,18H,6-13H2,1-5H3. The number of nitrogens with zero attached hydrogens (tertiary/aromatic N) is 1. The summed E-state index contributed by atoms with van der Waals surface area (Å²) >= 11 is 0. The largest absolute Gasteiger partial charge is 0.468 e. The summed E-state index contributed by atoms with van der Waals surface area (Å²) < 4.78 is 5.03. The van der Waals surface area contributed by atoms with E-state index in [9.17, 15) is 4.79 Å². The lowest BCUT2D eigenvalue weighted by molar-refractivity contribution is -0.149. The van der Waals surface area contributed by atoms with Crippen molar-refractivity contribution < 1.29 is 9.53 Å². The van der Waals surface area contributed by atoms with Crippen LogP contribution < -0.4 is 5.32 Å². The average Bonchev–Trinajstić information content (AvgIpc) is 2.96. The summed E-state index contributed by atoms with van der Waals surface area (Å²) in [6.45, 7) is 11.1. The molecule has 0 radical (unpaired) electrons. The van der Waals surface area contributed by atoms with Gasteiger partial charge in [-0.3, -0.25) is 9.69 Å². The Morgan fingerprint density at radius 1 is 1.38 bits per heavy atom. The van der Waals surface area contributed by atoms with Crippen LogP contribution in [0.2, 0.25) is 0 Å². The first-order valence-corrected chi connectivity index (χ1v) is 8.50. The molecule has 0 saturated heterocycles. The lowest BCUT2D eigenvalue weighted by Gasteiger charge is -2.37. The summed E-state index contributed by atoms with van der Waals surface area (Å²) in [6, 6.07) is 0.631. The number of carbonyl (C=O) groups excluding carboxylic acids is 1. The van der Waals surface area contributed by atoms with E-state index in [1.807, 2.05) is 13.8 Å². The molecule has 0 spiro atoms. The highest BCUT2D eigenvalue weighted by atomic mass is 16.5.